The van der Waals surface area contributed by atoms with E-state index in [4.69, 9.17) is 21.8 Å². The van der Waals surface area contributed by atoms with Crippen molar-refractivity contribution in [2.45, 2.75) is 6.92 Å². The maximum atomic E-state index is 11.0. The molecule has 0 fully saturated rings. The third-order valence-corrected chi connectivity index (χ3v) is 2.50. The number of aliphatic hydroxyl groups excluding tert-OH is 1. The lowest BCUT2D eigenvalue weighted by Gasteiger charge is -2.13. The molecule has 1 aromatic rings. The minimum absolute atomic E-state index is 0.0516. The lowest BCUT2D eigenvalue weighted by atomic mass is 10.1. The van der Waals surface area contributed by atoms with Gasteiger partial charge >= 0.3 is 5.97 Å². The SMILES string of the molecule is CC(CO)CNc1cccc(Cl)c1C(=O)O. The molecule has 16 heavy (non-hydrogen) atoms. The number of aromatic carboxylic acids is 1. The first-order chi connectivity index (χ1) is 7.56. The highest BCUT2D eigenvalue weighted by Gasteiger charge is 2.14. The van der Waals surface area contributed by atoms with Gasteiger partial charge in [0, 0.05) is 13.2 Å². The molecule has 0 aliphatic rings. The van der Waals surface area contributed by atoms with Gasteiger partial charge in [-0.15, -0.1) is 0 Å². The molecule has 0 aliphatic heterocycles. The number of rotatable bonds is 5. The zero-order chi connectivity index (χ0) is 12.1. The summed E-state index contributed by atoms with van der Waals surface area (Å²) in [7, 11) is 0. The summed E-state index contributed by atoms with van der Waals surface area (Å²) in [5.41, 5.74) is 0.537. The smallest absolute Gasteiger partial charge is 0.339 e. The van der Waals surface area contributed by atoms with Crippen LogP contribution in [0.3, 0.4) is 0 Å². The van der Waals surface area contributed by atoms with E-state index in [9.17, 15) is 4.79 Å². The maximum Gasteiger partial charge on any atom is 0.339 e. The van der Waals surface area contributed by atoms with Gasteiger partial charge in [0.05, 0.1) is 10.7 Å². The first-order valence-electron chi connectivity index (χ1n) is 4.92. The second kappa shape index (κ2) is 5.72. The third-order valence-electron chi connectivity index (χ3n) is 2.18. The Hall–Kier alpha value is -1.26. The summed E-state index contributed by atoms with van der Waals surface area (Å²) < 4.78 is 0. The summed E-state index contributed by atoms with van der Waals surface area (Å²) in [6.45, 7) is 2.41. The molecule has 3 N–H and O–H groups in total. The summed E-state index contributed by atoms with van der Waals surface area (Å²) in [6.07, 6.45) is 0. The number of carboxylic acids is 1. The van der Waals surface area contributed by atoms with Gasteiger partial charge in [-0.2, -0.15) is 0 Å². The molecule has 0 saturated heterocycles. The molecule has 0 aliphatic carbocycles. The second-order valence-electron chi connectivity index (χ2n) is 3.64. The van der Waals surface area contributed by atoms with Crippen molar-refractivity contribution in [3.8, 4) is 0 Å². The van der Waals surface area contributed by atoms with Crippen LogP contribution in [0.15, 0.2) is 18.2 Å². The summed E-state index contributed by atoms with van der Waals surface area (Å²) >= 11 is 5.80. The van der Waals surface area contributed by atoms with E-state index in [1.807, 2.05) is 6.92 Å². The molecule has 1 atom stereocenters. The van der Waals surface area contributed by atoms with Gasteiger partial charge in [0.15, 0.2) is 0 Å². The lowest BCUT2D eigenvalue weighted by molar-refractivity contribution is 0.0698. The van der Waals surface area contributed by atoms with E-state index in [-0.39, 0.29) is 23.1 Å². The highest BCUT2D eigenvalue weighted by molar-refractivity contribution is 6.34. The Morgan fingerprint density at radius 1 is 1.56 bits per heavy atom. The van der Waals surface area contributed by atoms with Gasteiger partial charge in [-0.3, -0.25) is 0 Å². The largest absolute Gasteiger partial charge is 0.478 e. The minimum atomic E-state index is -1.07. The molecule has 0 radical (unpaired) electrons. The van der Waals surface area contributed by atoms with E-state index in [1.165, 1.54) is 6.07 Å². The Morgan fingerprint density at radius 2 is 2.25 bits per heavy atom. The Morgan fingerprint density at radius 3 is 2.81 bits per heavy atom. The van der Waals surface area contributed by atoms with Crippen LogP contribution in [0.2, 0.25) is 5.02 Å². The fraction of sp³-hybridized carbons (Fsp3) is 0.364. The molecule has 0 bridgehead atoms. The number of hydrogen-bond donors (Lipinski definition) is 3. The molecular weight excluding hydrogens is 230 g/mol. The van der Waals surface area contributed by atoms with E-state index in [0.29, 0.717) is 12.2 Å². The van der Waals surface area contributed by atoms with E-state index in [2.05, 4.69) is 5.32 Å². The molecule has 0 heterocycles. The average Bonchev–Trinajstić information content (AvgIpc) is 2.25. The molecule has 1 aromatic carbocycles. The Labute approximate surface area is 98.9 Å². The van der Waals surface area contributed by atoms with Crippen LogP contribution in [-0.2, 0) is 0 Å². The zero-order valence-corrected chi connectivity index (χ0v) is 9.66. The zero-order valence-electron chi connectivity index (χ0n) is 8.90. The molecule has 88 valence electrons. The number of carboxylic acid groups (broad SMARTS) is 1. The molecule has 1 unspecified atom stereocenters. The number of aliphatic hydroxyl groups is 1. The summed E-state index contributed by atoms with van der Waals surface area (Å²) in [4.78, 5) is 11.0. The topological polar surface area (TPSA) is 69.6 Å². The highest BCUT2D eigenvalue weighted by Crippen LogP contribution is 2.24. The van der Waals surface area contributed by atoms with Crippen LogP contribution in [0.5, 0.6) is 0 Å². The predicted molar refractivity (Wildman–Crippen MR) is 63.2 cm³/mol. The van der Waals surface area contributed by atoms with Gasteiger partial charge in [0.2, 0.25) is 0 Å². The minimum Gasteiger partial charge on any atom is -0.478 e. The lowest BCUT2D eigenvalue weighted by Crippen LogP contribution is -2.16. The molecule has 1 rings (SSSR count). The molecule has 0 saturated carbocycles. The Kier molecular flexibility index (Phi) is 4.58. The average molecular weight is 244 g/mol. The highest BCUT2D eigenvalue weighted by atomic mass is 35.5. The van der Waals surface area contributed by atoms with Crippen molar-refractivity contribution < 1.29 is 15.0 Å². The molecule has 0 spiro atoms. The van der Waals surface area contributed by atoms with E-state index >= 15 is 0 Å². The molecule has 0 aromatic heterocycles. The van der Waals surface area contributed by atoms with E-state index < -0.39 is 5.97 Å². The summed E-state index contributed by atoms with van der Waals surface area (Å²) in [5.74, 6) is -1.01. The Balaban J connectivity index is 2.87. The van der Waals surface area contributed by atoms with E-state index in [0.717, 1.165) is 0 Å². The summed E-state index contributed by atoms with van der Waals surface area (Å²) in [5, 5.41) is 21.0. The van der Waals surface area contributed by atoms with Crippen molar-refractivity contribution in [1.82, 2.24) is 0 Å². The molecule has 0 amide bonds. The van der Waals surface area contributed by atoms with Gasteiger partial charge in [0.25, 0.3) is 0 Å². The Bertz CT molecular complexity index is 381. The number of benzene rings is 1. The normalized spacial score (nSPS) is 12.2. The monoisotopic (exact) mass is 243 g/mol. The van der Waals surface area contributed by atoms with Gasteiger partial charge < -0.3 is 15.5 Å². The van der Waals surface area contributed by atoms with Crippen LogP contribution in [0.1, 0.15) is 17.3 Å². The summed E-state index contributed by atoms with van der Waals surface area (Å²) in [6, 6.07) is 4.87. The van der Waals surface area contributed by atoms with Crippen molar-refractivity contribution in [2.75, 3.05) is 18.5 Å². The van der Waals surface area contributed by atoms with E-state index in [1.54, 1.807) is 12.1 Å². The molecular formula is C11H14ClNO3. The van der Waals surface area contributed by atoms with Gasteiger partial charge in [0.1, 0.15) is 5.56 Å². The van der Waals surface area contributed by atoms with Crippen molar-refractivity contribution in [3.05, 3.63) is 28.8 Å². The standard InChI is InChI=1S/C11H14ClNO3/c1-7(6-14)5-13-9-4-2-3-8(12)10(9)11(15)16/h2-4,7,13-14H,5-6H2,1H3,(H,15,16). The van der Waals surface area contributed by atoms with Crippen molar-refractivity contribution >= 4 is 23.3 Å². The van der Waals surface area contributed by atoms with Gasteiger partial charge in [-0.1, -0.05) is 24.6 Å². The number of anilines is 1. The number of carbonyl (C=O) groups is 1. The van der Waals surface area contributed by atoms with Crippen molar-refractivity contribution in [2.24, 2.45) is 5.92 Å². The molecule has 5 heteroatoms. The van der Waals surface area contributed by atoms with Crippen LogP contribution >= 0.6 is 11.6 Å². The maximum absolute atomic E-state index is 11.0. The predicted octanol–water partition coefficient (Wildman–Crippen LogP) is 2.08. The first kappa shape index (κ1) is 12.8. The fourth-order valence-electron chi connectivity index (χ4n) is 1.24. The van der Waals surface area contributed by atoms with Crippen molar-refractivity contribution in [1.29, 1.82) is 0 Å². The van der Waals surface area contributed by atoms with Crippen LogP contribution in [0.4, 0.5) is 5.69 Å². The van der Waals surface area contributed by atoms with Crippen LogP contribution in [0, 0.1) is 5.92 Å². The second-order valence-corrected chi connectivity index (χ2v) is 4.04. The van der Waals surface area contributed by atoms with Crippen LogP contribution in [0.25, 0.3) is 0 Å². The number of nitrogens with one attached hydrogen (secondary N) is 1. The first-order valence-corrected chi connectivity index (χ1v) is 5.30. The number of halogens is 1. The quantitative estimate of drug-likeness (QED) is 0.741. The fourth-order valence-corrected chi connectivity index (χ4v) is 1.49. The van der Waals surface area contributed by atoms with Crippen LogP contribution in [-0.4, -0.2) is 29.3 Å². The number of hydrogen-bond acceptors (Lipinski definition) is 3. The third kappa shape index (κ3) is 3.12. The van der Waals surface area contributed by atoms with Gasteiger partial charge in [-0.25, -0.2) is 4.79 Å². The van der Waals surface area contributed by atoms with Crippen LogP contribution < -0.4 is 5.32 Å². The van der Waals surface area contributed by atoms with Gasteiger partial charge in [-0.05, 0) is 18.1 Å². The molecule has 4 nitrogen and oxygen atoms in total. The van der Waals surface area contributed by atoms with Crippen molar-refractivity contribution in [3.63, 3.8) is 0 Å².